The Kier molecular flexibility index (Phi) is 9.50. The first kappa shape index (κ1) is 31.4. The first-order valence-corrected chi connectivity index (χ1v) is 16.0. The van der Waals surface area contributed by atoms with Gasteiger partial charge in [-0.2, -0.15) is 13.2 Å². The lowest BCUT2D eigenvalue weighted by Crippen LogP contribution is -2.35. The van der Waals surface area contributed by atoms with E-state index < -0.39 is 40.0 Å². The quantitative estimate of drug-likeness (QED) is 0.391. The van der Waals surface area contributed by atoms with Crippen molar-refractivity contribution in [2.75, 3.05) is 12.3 Å². The number of rotatable bonds is 9. The average Bonchev–Trinajstić information content (AvgIpc) is 3.28. The molecule has 4 rings (SSSR count). The normalized spacial score (nSPS) is 23.3. The minimum atomic E-state index is -4.12. The molecular formula is C30H40F3N3O4S. The number of hydrogen-bond acceptors (Lipinski definition) is 6. The number of nitrogens with zero attached hydrogens (tertiary/aromatic N) is 2. The molecule has 1 aromatic carbocycles. The first-order chi connectivity index (χ1) is 19.2. The lowest BCUT2D eigenvalue weighted by Gasteiger charge is -2.35. The Morgan fingerprint density at radius 3 is 2.29 bits per heavy atom. The highest BCUT2D eigenvalue weighted by Crippen LogP contribution is 2.43. The third-order valence-electron chi connectivity index (χ3n) is 8.49. The van der Waals surface area contributed by atoms with Crippen LogP contribution < -0.4 is 5.32 Å². The Bertz CT molecular complexity index is 1320. The summed E-state index contributed by atoms with van der Waals surface area (Å²) in [6.07, 6.45) is -2.09. The summed E-state index contributed by atoms with van der Waals surface area (Å²) in [4.78, 5) is 20.4. The second kappa shape index (κ2) is 12.4. The third kappa shape index (κ3) is 7.11. The van der Waals surface area contributed by atoms with E-state index in [4.69, 9.17) is 0 Å². The Labute approximate surface area is 240 Å². The molecule has 1 fully saturated rings. The van der Waals surface area contributed by atoms with Crippen molar-refractivity contribution in [3.05, 3.63) is 58.9 Å². The molecule has 1 amide bonds. The summed E-state index contributed by atoms with van der Waals surface area (Å²) in [6, 6.07) is 7.20. The number of pyridine rings is 1. The molecule has 1 aromatic heterocycles. The summed E-state index contributed by atoms with van der Waals surface area (Å²) in [5.41, 5.74) is 2.72. The number of nitrogens with one attached hydrogen (secondary N) is 1. The predicted molar refractivity (Wildman–Crippen MR) is 150 cm³/mol. The zero-order chi connectivity index (χ0) is 30.1. The second-order valence-electron chi connectivity index (χ2n) is 11.8. The molecule has 226 valence electrons. The standard InChI is InChI=1S/C30H40F3N3O4S/c1-5-41(39,40)25-12-8-21(9-13-25)26(19(4)37)35-29(38)22-14-23-17-36(28(18(2)3)27(23)34-15-22)16-20-6-10-24(11-7-20)30(31,32)33/h8-9,12-15,18-20,24,26,28,37H,5-7,10-11,16-17H2,1-4H3,(H,35,38)/t19-,20?,24?,26+,28?/m0/s1. The predicted octanol–water partition coefficient (Wildman–Crippen LogP) is 5.61. The second-order valence-corrected chi connectivity index (χ2v) is 14.1. The van der Waals surface area contributed by atoms with Crippen molar-refractivity contribution in [3.63, 3.8) is 0 Å². The summed E-state index contributed by atoms with van der Waals surface area (Å²) >= 11 is 0. The molecule has 11 heteroatoms. The maximum Gasteiger partial charge on any atom is 0.391 e. The molecule has 2 N–H and O–H groups in total. The third-order valence-corrected chi connectivity index (χ3v) is 10.2. The summed E-state index contributed by atoms with van der Waals surface area (Å²) in [7, 11) is -3.37. The molecule has 7 nitrogen and oxygen atoms in total. The van der Waals surface area contributed by atoms with E-state index >= 15 is 0 Å². The van der Waals surface area contributed by atoms with Gasteiger partial charge >= 0.3 is 6.18 Å². The number of carbonyl (C=O) groups excluding carboxylic acids is 1. The number of alkyl halides is 3. The van der Waals surface area contributed by atoms with Crippen molar-refractivity contribution in [2.24, 2.45) is 17.8 Å². The SMILES string of the molecule is CCS(=O)(=O)c1ccc([C@H](NC(=O)c2cnc3c(c2)CN(CC2CCC(C(F)(F)F)CC2)C3C(C)C)[C@H](C)O)cc1. The maximum absolute atomic E-state index is 13.3. The molecule has 41 heavy (non-hydrogen) atoms. The lowest BCUT2D eigenvalue weighted by atomic mass is 9.81. The van der Waals surface area contributed by atoms with E-state index in [2.05, 4.69) is 29.0 Å². The highest BCUT2D eigenvalue weighted by atomic mass is 32.2. The molecule has 3 atom stereocenters. The van der Waals surface area contributed by atoms with Gasteiger partial charge in [0, 0.05) is 19.3 Å². The van der Waals surface area contributed by atoms with E-state index in [0.29, 0.717) is 37.1 Å². The number of benzene rings is 1. The number of aromatic nitrogens is 1. The van der Waals surface area contributed by atoms with Crippen LogP contribution in [-0.4, -0.2) is 53.9 Å². The molecule has 2 aromatic rings. The van der Waals surface area contributed by atoms with Crippen LogP contribution in [0, 0.1) is 17.8 Å². The highest BCUT2D eigenvalue weighted by molar-refractivity contribution is 7.91. The fourth-order valence-electron chi connectivity index (χ4n) is 6.20. The molecule has 2 heterocycles. The van der Waals surface area contributed by atoms with Crippen LogP contribution in [-0.2, 0) is 16.4 Å². The fraction of sp³-hybridized carbons (Fsp3) is 0.600. The number of amides is 1. The molecule has 0 radical (unpaired) electrons. The summed E-state index contributed by atoms with van der Waals surface area (Å²) in [5, 5.41) is 13.3. The van der Waals surface area contributed by atoms with Gasteiger partial charge in [-0.05, 0) is 73.8 Å². The minimum Gasteiger partial charge on any atom is -0.391 e. The van der Waals surface area contributed by atoms with Crippen molar-refractivity contribution < 1.29 is 31.5 Å². The molecule has 0 spiro atoms. The van der Waals surface area contributed by atoms with Gasteiger partial charge in [0.15, 0.2) is 9.84 Å². The van der Waals surface area contributed by atoms with Crippen LogP contribution in [0.4, 0.5) is 13.2 Å². The number of sulfone groups is 1. The van der Waals surface area contributed by atoms with Crippen molar-refractivity contribution >= 4 is 15.7 Å². The van der Waals surface area contributed by atoms with Crippen molar-refractivity contribution in [1.82, 2.24) is 15.2 Å². The summed E-state index contributed by atoms with van der Waals surface area (Å²) in [6.45, 7) is 8.57. The number of aliphatic hydroxyl groups excluding tert-OH is 1. The number of hydrogen-bond donors (Lipinski definition) is 2. The van der Waals surface area contributed by atoms with Gasteiger partial charge in [0.2, 0.25) is 0 Å². The number of fused-ring (bicyclic) bond motifs is 1. The Balaban J connectivity index is 1.47. The molecular weight excluding hydrogens is 555 g/mol. The van der Waals surface area contributed by atoms with Crippen LogP contribution in [0.1, 0.15) is 92.6 Å². The van der Waals surface area contributed by atoms with Crippen molar-refractivity contribution in [3.8, 4) is 0 Å². The van der Waals surface area contributed by atoms with Crippen molar-refractivity contribution in [1.29, 1.82) is 0 Å². The van der Waals surface area contributed by atoms with Gasteiger partial charge in [0.05, 0.1) is 46.0 Å². The van der Waals surface area contributed by atoms with Crippen molar-refractivity contribution in [2.45, 2.75) is 89.2 Å². The Morgan fingerprint density at radius 2 is 1.76 bits per heavy atom. The topological polar surface area (TPSA) is 99.6 Å². The molecule has 1 unspecified atom stereocenters. The molecule has 1 saturated carbocycles. The number of halogens is 3. The highest BCUT2D eigenvalue weighted by Gasteiger charge is 2.42. The molecule has 0 saturated heterocycles. The van der Waals surface area contributed by atoms with Crippen LogP contribution in [0.15, 0.2) is 41.4 Å². The van der Waals surface area contributed by atoms with Gasteiger partial charge in [0.25, 0.3) is 5.91 Å². The summed E-state index contributed by atoms with van der Waals surface area (Å²) < 4.78 is 63.7. The van der Waals surface area contributed by atoms with Gasteiger partial charge in [0.1, 0.15) is 0 Å². The largest absolute Gasteiger partial charge is 0.391 e. The smallest absolute Gasteiger partial charge is 0.391 e. The summed E-state index contributed by atoms with van der Waals surface area (Å²) in [5.74, 6) is -1.22. The molecule has 1 aliphatic heterocycles. The maximum atomic E-state index is 13.3. The van der Waals surface area contributed by atoms with Crippen LogP contribution in [0.5, 0.6) is 0 Å². The van der Waals surface area contributed by atoms with Crippen LogP contribution in [0.2, 0.25) is 0 Å². The van der Waals surface area contributed by atoms with Crippen LogP contribution >= 0.6 is 0 Å². The molecule has 0 bridgehead atoms. The molecule has 1 aliphatic carbocycles. The zero-order valence-electron chi connectivity index (χ0n) is 24.0. The van der Waals surface area contributed by atoms with Gasteiger partial charge in [-0.15, -0.1) is 0 Å². The van der Waals surface area contributed by atoms with E-state index in [1.165, 1.54) is 18.3 Å². The van der Waals surface area contributed by atoms with Gasteiger partial charge in [-0.25, -0.2) is 8.42 Å². The van der Waals surface area contributed by atoms with Crippen LogP contribution in [0.3, 0.4) is 0 Å². The van der Waals surface area contributed by atoms with Gasteiger partial charge in [-0.1, -0.05) is 32.9 Å². The Hall–Kier alpha value is -2.50. The van der Waals surface area contributed by atoms with E-state index in [1.807, 2.05) is 6.07 Å². The first-order valence-electron chi connectivity index (χ1n) is 14.3. The number of carbonyl (C=O) groups is 1. The van der Waals surface area contributed by atoms with Gasteiger partial charge < -0.3 is 10.4 Å². The minimum absolute atomic E-state index is 0.0191. The van der Waals surface area contributed by atoms with Gasteiger partial charge in [-0.3, -0.25) is 14.7 Å². The monoisotopic (exact) mass is 595 g/mol. The Morgan fingerprint density at radius 1 is 1.12 bits per heavy atom. The van der Waals surface area contributed by atoms with Crippen LogP contribution in [0.25, 0.3) is 0 Å². The lowest BCUT2D eigenvalue weighted by molar-refractivity contribution is -0.184. The zero-order valence-corrected chi connectivity index (χ0v) is 24.8. The van der Waals surface area contributed by atoms with E-state index in [1.54, 1.807) is 26.0 Å². The fourth-order valence-corrected chi connectivity index (χ4v) is 7.09. The van der Waals surface area contributed by atoms with E-state index in [-0.39, 0.29) is 41.4 Å². The average molecular weight is 596 g/mol. The van der Waals surface area contributed by atoms with E-state index in [9.17, 15) is 31.5 Å². The molecule has 2 aliphatic rings. The van der Waals surface area contributed by atoms with E-state index in [0.717, 1.165) is 11.3 Å². The number of aliphatic hydroxyl groups is 1.